The molecule has 0 unspecified atom stereocenters. The normalized spacial score (nSPS) is 15.8. The Morgan fingerprint density at radius 3 is 2.80 bits per heavy atom. The van der Waals surface area contributed by atoms with E-state index >= 15 is 0 Å². The molecule has 1 amide bonds. The molecule has 0 saturated carbocycles. The summed E-state index contributed by atoms with van der Waals surface area (Å²) in [5, 5.41) is 4.42. The Bertz CT molecular complexity index is 699. The SMILES string of the molecule is CC(C)n1cc(CCCC(=O)NCC2CCOCC2)c2ccccc21. The van der Waals surface area contributed by atoms with Crippen LogP contribution in [0.1, 0.15) is 51.1 Å². The van der Waals surface area contributed by atoms with Crippen LogP contribution in [0.5, 0.6) is 0 Å². The zero-order valence-electron chi connectivity index (χ0n) is 15.5. The molecule has 4 heteroatoms. The molecule has 3 rings (SSSR count). The summed E-state index contributed by atoms with van der Waals surface area (Å²) in [7, 11) is 0. The van der Waals surface area contributed by atoms with E-state index in [0.717, 1.165) is 45.4 Å². The van der Waals surface area contributed by atoms with Crippen molar-refractivity contribution in [3.63, 3.8) is 0 Å². The van der Waals surface area contributed by atoms with Crippen molar-refractivity contribution in [2.75, 3.05) is 19.8 Å². The lowest BCUT2D eigenvalue weighted by Crippen LogP contribution is -2.32. The number of carbonyl (C=O) groups is 1. The van der Waals surface area contributed by atoms with Gasteiger partial charge in [-0.2, -0.15) is 0 Å². The van der Waals surface area contributed by atoms with E-state index < -0.39 is 0 Å². The van der Waals surface area contributed by atoms with Gasteiger partial charge in [0, 0.05) is 49.3 Å². The molecule has 1 fully saturated rings. The smallest absolute Gasteiger partial charge is 0.220 e. The Balaban J connectivity index is 1.50. The first kappa shape index (κ1) is 18.0. The third kappa shape index (κ3) is 4.63. The van der Waals surface area contributed by atoms with Gasteiger partial charge in [-0.1, -0.05) is 18.2 Å². The number of fused-ring (bicyclic) bond motifs is 1. The molecule has 0 spiro atoms. The van der Waals surface area contributed by atoms with Gasteiger partial charge in [-0.15, -0.1) is 0 Å². The lowest BCUT2D eigenvalue weighted by molar-refractivity contribution is -0.121. The van der Waals surface area contributed by atoms with Gasteiger partial charge < -0.3 is 14.6 Å². The van der Waals surface area contributed by atoms with Crippen LogP contribution in [0.3, 0.4) is 0 Å². The van der Waals surface area contributed by atoms with Crippen molar-refractivity contribution in [3.8, 4) is 0 Å². The van der Waals surface area contributed by atoms with Gasteiger partial charge in [-0.3, -0.25) is 4.79 Å². The van der Waals surface area contributed by atoms with Gasteiger partial charge in [-0.05, 0) is 57.1 Å². The number of ether oxygens (including phenoxy) is 1. The van der Waals surface area contributed by atoms with Crippen LogP contribution in [0.2, 0.25) is 0 Å². The van der Waals surface area contributed by atoms with Gasteiger partial charge in [0.05, 0.1) is 0 Å². The first-order valence-electron chi connectivity index (χ1n) is 9.58. The van der Waals surface area contributed by atoms with Crippen molar-refractivity contribution in [3.05, 3.63) is 36.0 Å². The molecule has 1 N–H and O–H groups in total. The second-order valence-corrected chi connectivity index (χ2v) is 7.39. The predicted molar refractivity (Wildman–Crippen MR) is 102 cm³/mol. The second-order valence-electron chi connectivity index (χ2n) is 7.39. The number of hydrogen-bond donors (Lipinski definition) is 1. The van der Waals surface area contributed by atoms with Gasteiger partial charge in [0.2, 0.25) is 5.91 Å². The maximum Gasteiger partial charge on any atom is 0.220 e. The molecule has 1 aromatic carbocycles. The standard InChI is InChI=1S/C21H30N2O2/c1-16(2)23-15-18(19-7-3-4-8-20(19)23)6-5-9-21(24)22-14-17-10-12-25-13-11-17/h3-4,7-8,15-17H,5-6,9-14H2,1-2H3,(H,22,24). The highest BCUT2D eigenvalue weighted by Crippen LogP contribution is 2.25. The molecule has 1 aromatic heterocycles. The number of para-hydroxylation sites is 1. The highest BCUT2D eigenvalue weighted by Gasteiger charge is 2.15. The number of aryl methyl sites for hydroxylation is 1. The van der Waals surface area contributed by atoms with Crippen molar-refractivity contribution in [1.82, 2.24) is 9.88 Å². The molecule has 4 nitrogen and oxygen atoms in total. The highest BCUT2D eigenvalue weighted by molar-refractivity contribution is 5.84. The Hall–Kier alpha value is -1.81. The minimum atomic E-state index is 0.180. The van der Waals surface area contributed by atoms with E-state index in [0.29, 0.717) is 18.4 Å². The summed E-state index contributed by atoms with van der Waals surface area (Å²) in [5.74, 6) is 0.765. The predicted octanol–water partition coefficient (Wildman–Crippen LogP) is 4.09. The number of nitrogens with zero attached hydrogens (tertiary/aromatic N) is 1. The minimum Gasteiger partial charge on any atom is -0.381 e. The molecular weight excluding hydrogens is 312 g/mol. The number of carbonyl (C=O) groups excluding carboxylic acids is 1. The molecular formula is C21H30N2O2. The van der Waals surface area contributed by atoms with E-state index in [4.69, 9.17) is 4.74 Å². The van der Waals surface area contributed by atoms with Crippen LogP contribution < -0.4 is 5.32 Å². The number of amides is 1. The van der Waals surface area contributed by atoms with E-state index in [2.05, 4.69) is 54.2 Å². The van der Waals surface area contributed by atoms with E-state index in [1.807, 2.05) is 0 Å². The third-order valence-electron chi connectivity index (χ3n) is 5.16. The largest absolute Gasteiger partial charge is 0.381 e. The van der Waals surface area contributed by atoms with Crippen LogP contribution in [-0.2, 0) is 16.0 Å². The highest BCUT2D eigenvalue weighted by atomic mass is 16.5. The lowest BCUT2D eigenvalue weighted by Gasteiger charge is -2.22. The van der Waals surface area contributed by atoms with Gasteiger partial charge in [0.25, 0.3) is 0 Å². The summed E-state index contributed by atoms with van der Waals surface area (Å²) in [4.78, 5) is 12.1. The van der Waals surface area contributed by atoms with Crippen molar-refractivity contribution >= 4 is 16.8 Å². The monoisotopic (exact) mass is 342 g/mol. The molecule has 0 bridgehead atoms. The molecule has 0 radical (unpaired) electrons. The number of rotatable bonds is 7. The molecule has 1 aliphatic rings. The van der Waals surface area contributed by atoms with Gasteiger partial charge in [0.15, 0.2) is 0 Å². The van der Waals surface area contributed by atoms with Crippen molar-refractivity contribution in [1.29, 1.82) is 0 Å². The minimum absolute atomic E-state index is 0.180. The average Bonchev–Trinajstić information content (AvgIpc) is 3.00. The first-order chi connectivity index (χ1) is 12.1. The van der Waals surface area contributed by atoms with Crippen LogP contribution in [0.15, 0.2) is 30.5 Å². The maximum atomic E-state index is 12.1. The number of hydrogen-bond acceptors (Lipinski definition) is 2. The van der Waals surface area contributed by atoms with Crippen LogP contribution in [0, 0.1) is 5.92 Å². The Morgan fingerprint density at radius 1 is 1.28 bits per heavy atom. The van der Waals surface area contributed by atoms with E-state index in [9.17, 15) is 4.79 Å². The first-order valence-corrected chi connectivity index (χ1v) is 9.58. The van der Waals surface area contributed by atoms with Gasteiger partial charge in [-0.25, -0.2) is 0 Å². The Kier molecular flexibility index (Phi) is 6.14. The average molecular weight is 342 g/mol. The summed E-state index contributed by atoms with van der Waals surface area (Å²) < 4.78 is 7.69. The van der Waals surface area contributed by atoms with E-state index in [1.165, 1.54) is 16.5 Å². The molecule has 2 heterocycles. The second kappa shape index (κ2) is 8.52. The Morgan fingerprint density at radius 2 is 2.04 bits per heavy atom. The van der Waals surface area contributed by atoms with E-state index in [1.54, 1.807) is 0 Å². The molecule has 1 aliphatic heterocycles. The van der Waals surface area contributed by atoms with E-state index in [-0.39, 0.29) is 5.91 Å². The zero-order valence-corrected chi connectivity index (χ0v) is 15.5. The molecule has 2 aromatic rings. The summed E-state index contributed by atoms with van der Waals surface area (Å²) in [6.45, 7) is 6.88. The van der Waals surface area contributed by atoms with Crippen molar-refractivity contribution in [2.45, 2.75) is 52.0 Å². The Labute approximate surface area is 150 Å². The van der Waals surface area contributed by atoms with Crippen LogP contribution in [0.4, 0.5) is 0 Å². The molecule has 0 atom stereocenters. The van der Waals surface area contributed by atoms with Gasteiger partial charge in [0.1, 0.15) is 0 Å². The van der Waals surface area contributed by atoms with Crippen LogP contribution >= 0.6 is 0 Å². The number of benzene rings is 1. The summed E-state index contributed by atoms with van der Waals surface area (Å²) >= 11 is 0. The maximum absolute atomic E-state index is 12.1. The fourth-order valence-corrected chi connectivity index (χ4v) is 3.64. The molecule has 1 saturated heterocycles. The van der Waals surface area contributed by atoms with Crippen LogP contribution in [0.25, 0.3) is 10.9 Å². The van der Waals surface area contributed by atoms with Crippen LogP contribution in [-0.4, -0.2) is 30.2 Å². The summed E-state index contributed by atoms with van der Waals surface area (Å²) in [6, 6.07) is 9.00. The molecule has 0 aliphatic carbocycles. The molecule has 25 heavy (non-hydrogen) atoms. The fraction of sp³-hybridized carbons (Fsp3) is 0.571. The quantitative estimate of drug-likeness (QED) is 0.823. The molecule has 136 valence electrons. The fourth-order valence-electron chi connectivity index (χ4n) is 3.64. The summed E-state index contributed by atoms with van der Waals surface area (Å²) in [5.41, 5.74) is 2.64. The number of aromatic nitrogens is 1. The topological polar surface area (TPSA) is 43.3 Å². The van der Waals surface area contributed by atoms with Crippen molar-refractivity contribution in [2.24, 2.45) is 5.92 Å². The van der Waals surface area contributed by atoms with Crippen molar-refractivity contribution < 1.29 is 9.53 Å². The number of nitrogens with one attached hydrogen (secondary N) is 1. The lowest BCUT2D eigenvalue weighted by atomic mass is 10.0. The zero-order chi connectivity index (χ0) is 17.6. The summed E-state index contributed by atoms with van der Waals surface area (Å²) in [6.07, 6.45) is 6.83. The third-order valence-corrected chi connectivity index (χ3v) is 5.16. The van der Waals surface area contributed by atoms with Gasteiger partial charge >= 0.3 is 0 Å².